The lowest BCUT2D eigenvalue weighted by atomic mass is 9.89. The summed E-state index contributed by atoms with van der Waals surface area (Å²) in [5, 5.41) is 0. The van der Waals surface area contributed by atoms with Crippen molar-refractivity contribution in [1.82, 2.24) is 0 Å². The van der Waals surface area contributed by atoms with E-state index >= 15 is 0 Å². The van der Waals surface area contributed by atoms with Gasteiger partial charge in [-0.15, -0.1) is 0 Å². The standard InChI is InChI=1S/C13H10F9/c1-7(2)8-5-3-4-6-9(8)10(14,15)11(16,17)12(18,19)13(20,21)22/h3-6H,1-2H3. The zero-order chi connectivity index (χ0) is 17.6. The molecule has 0 bridgehead atoms. The van der Waals surface area contributed by atoms with E-state index in [9.17, 15) is 39.5 Å². The summed E-state index contributed by atoms with van der Waals surface area (Å²) in [6, 6.07) is 3.34. The van der Waals surface area contributed by atoms with Gasteiger partial charge in [-0.25, -0.2) is 0 Å². The first kappa shape index (κ1) is 18.6. The molecule has 1 rings (SSSR count). The van der Waals surface area contributed by atoms with Gasteiger partial charge in [0.05, 0.1) is 0 Å². The van der Waals surface area contributed by atoms with Crippen molar-refractivity contribution in [1.29, 1.82) is 0 Å². The zero-order valence-corrected chi connectivity index (χ0v) is 11.2. The van der Waals surface area contributed by atoms with Crippen molar-refractivity contribution in [3.8, 4) is 0 Å². The summed E-state index contributed by atoms with van der Waals surface area (Å²) in [5.74, 6) is -19.2. The van der Waals surface area contributed by atoms with Crippen LogP contribution in [0.15, 0.2) is 24.3 Å². The highest BCUT2D eigenvalue weighted by atomic mass is 19.4. The van der Waals surface area contributed by atoms with Gasteiger partial charge in [0.15, 0.2) is 0 Å². The summed E-state index contributed by atoms with van der Waals surface area (Å²) in [6.45, 7) is 2.46. The van der Waals surface area contributed by atoms with Crippen LogP contribution in [0.1, 0.15) is 25.0 Å². The third-order valence-corrected chi connectivity index (χ3v) is 2.95. The summed E-state index contributed by atoms with van der Waals surface area (Å²) >= 11 is 0. The summed E-state index contributed by atoms with van der Waals surface area (Å²) in [5.41, 5.74) is -2.12. The maximum atomic E-state index is 13.8. The minimum absolute atomic E-state index is 0.0569. The third kappa shape index (κ3) is 2.65. The van der Waals surface area contributed by atoms with Crippen molar-refractivity contribution in [2.75, 3.05) is 0 Å². The number of hydrogen-bond acceptors (Lipinski definition) is 0. The van der Waals surface area contributed by atoms with E-state index in [0.717, 1.165) is 12.1 Å². The molecular weight excluding hydrogens is 327 g/mol. The molecule has 0 nitrogen and oxygen atoms in total. The van der Waals surface area contributed by atoms with Gasteiger partial charge in [0, 0.05) is 5.56 Å². The molecule has 0 unspecified atom stereocenters. The van der Waals surface area contributed by atoms with Gasteiger partial charge >= 0.3 is 23.9 Å². The maximum absolute atomic E-state index is 13.8. The van der Waals surface area contributed by atoms with Gasteiger partial charge in [-0.2, -0.15) is 39.5 Å². The highest BCUT2D eigenvalue weighted by Crippen LogP contribution is 2.57. The molecule has 1 aromatic carbocycles. The molecule has 0 heterocycles. The fourth-order valence-electron chi connectivity index (χ4n) is 1.74. The Kier molecular flexibility index (Phi) is 4.53. The lowest BCUT2D eigenvalue weighted by Crippen LogP contribution is -2.59. The Morgan fingerprint density at radius 2 is 1.18 bits per heavy atom. The van der Waals surface area contributed by atoms with Gasteiger partial charge in [-0.1, -0.05) is 38.1 Å². The van der Waals surface area contributed by atoms with E-state index in [4.69, 9.17) is 0 Å². The lowest BCUT2D eigenvalue weighted by molar-refractivity contribution is -0.399. The smallest absolute Gasteiger partial charge is 0.194 e. The zero-order valence-electron chi connectivity index (χ0n) is 11.2. The van der Waals surface area contributed by atoms with Crippen molar-refractivity contribution in [3.63, 3.8) is 0 Å². The van der Waals surface area contributed by atoms with Crippen LogP contribution in [0.2, 0.25) is 0 Å². The summed E-state index contributed by atoms with van der Waals surface area (Å²) in [6.07, 6.45) is -6.82. The van der Waals surface area contributed by atoms with E-state index in [2.05, 4.69) is 0 Å². The van der Waals surface area contributed by atoms with Crippen LogP contribution in [0, 0.1) is 5.92 Å². The van der Waals surface area contributed by atoms with Crippen LogP contribution in [0.5, 0.6) is 0 Å². The molecule has 0 spiro atoms. The molecule has 0 amide bonds. The largest absolute Gasteiger partial charge is 0.460 e. The Morgan fingerprint density at radius 3 is 1.59 bits per heavy atom. The van der Waals surface area contributed by atoms with Crippen LogP contribution in [0.4, 0.5) is 39.5 Å². The number of hydrogen-bond donors (Lipinski definition) is 0. The minimum atomic E-state index is -6.89. The van der Waals surface area contributed by atoms with E-state index in [-0.39, 0.29) is 5.92 Å². The van der Waals surface area contributed by atoms with E-state index in [1.54, 1.807) is 0 Å². The van der Waals surface area contributed by atoms with Crippen LogP contribution in [-0.2, 0) is 5.92 Å². The lowest BCUT2D eigenvalue weighted by Gasteiger charge is -2.34. The second-order valence-corrected chi connectivity index (χ2v) is 4.77. The molecule has 9 heteroatoms. The average Bonchev–Trinajstić information content (AvgIpc) is 2.36. The van der Waals surface area contributed by atoms with Crippen molar-refractivity contribution in [2.24, 2.45) is 0 Å². The normalized spacial score (nSPS) is 14.5. The van der Waals surface area contributed by atoms with E-state index < -0.39 is 35.1 Å². The molecule has 0 atom stereocenters. The Morgan fingerprint density at radius 1 is 0.727 bits per heavy atom. The molecule has 125 valence electrons. The quantitative estimate of drug-likeness (QED) is 0.630. The Hall–Kier alpha value is -1.41. The molecule has 0 saturated heterocycles. The molecule has 1 radical (unpaired) electrons. The molecule has 0 saturated carbocycles. The third-order valence-electron chi connectivity index (χ3n) is 2.95. The van der Waals surface area contributed by atoms with Crippen LogP contribution in [0.25, 0.3) is 0 Å². The SMILES string of the molecule is C[C](C)c1ccccc1C(F)(F)C(F)(F)C(F)(F)C(F)(F)F. The first-order chi connectivity index (χ1) is 9.68. The molecule has 22 heavy (non-hydrogen) atoms. The summed E-state index contributed by atoms with van der Waals surface area (Å²) in [4.78, 5) is 0. The number of rotatable bonds is 4. The number of benzene rings is 1. The van der Waals surface area contributed by atoms with Crippen molar-refractivity contribution < 1.29 is 39.5 Å². The molecule has 0 fully saturated rings. The Bertz CT molecular complexity index is 529. The molecule has 0 aliphatic carbocycles. The second-order valence-electron chi connectivity index (χ2n) is 4.77. The molecule has 0 aliphatic rings. The summed E-state index contributed by atoms with van der Waals surface area (Å²) < 4.78 is 116. The summed E-state index contributed by atoms with van der Waals surface area (Å²) in [7, 11) is 0. The molecule has 1 aromatic rings. The predicted molar refractivity (Wildman–Crippen MR) is 60.0 cm³/mol. The van der Waals surface area contributed by atoms with E-state index in [0.29, 0.717) is 6.07 Å². The topological polar surface area (TPSA) is 0 Å². The first-order valence-electron chi connectivity index (χ1n) is 5.78. The highest BCUT2D eigenvalue weighted by molar-refractivity contribution is 5.41. The van der Waals surface area contributed by atoms with Crippen LogP contribution >= 0.6 is 0 Å². The van der Waals surface area contributed by atoms with Crippen molar-refractivity contribution >= 4 is 0 Å². The first-order valence-corrected chi connectivity index (χ1v) is 5.78. The predicted octanol–water partition coefficient (Wildman–Crippen LogP) is 5.57. The second kappa shape index (κ2) is 5.34. The monoisotopic (exact) mass is 337 g/mol. The van der Waals surface area contributed by atoms with Crippen LogP contribution < -0.4 is 0 Å². The highest BCUT2D eigenvalue weighted by Gasteiger charge is 2.82. The van der Waals surface area contributed by atoms with Crippen LogP contribution in [0.3, 0.4) is 0 Å². The van der Waals surface area contributed by atoms with Gasteiger partial charge in [0.25, 0.3) is 0 Å². The Labute approximate surface area is 119 Å². The maximum Gasteiger partial charge on any atom is 0.460 e. The fraction of sp³-hybridized carbons (Fsp3) is 0.462. The Balaban J connectivity index is 3.53. The minimum Gasteiger partial charge on any atom is -0.194 e. The van der Waals surface area contributed by atoms with Crippen LogP contribution in [-0.4, -0.2) is 18.0 Å². The van der Waals surface area contributed by atoms with E-state index in [1.807, 2.05) is 0 Å². The average molecular weight is 337 g/mol. The molecule has 0 N–H and O–H groups in total. The molecular formula is C13H10F9. The van der Waals surface area contributed by atoms with E-state index in [1.165, 1.54) is 19.9 Å². The van der Waals surface area contributed by atoms with Crippen molar-refractivity contribution in [3.05, 3.63) is 41.3 Å². The van der Waals surface area contributed by atoms with Gasteiger partial charge in [-0.3, -0.25) is 0 Å². The fourth-order valence-corrected chi connectivity index (χ4v) is 1.74. The van der Waals surface area contributed by atoms with Gasteiger partial charge < -0.3 is 0 Å². The molecule has 0 aliphatic heterocycles. The van der Waals surface area contributed by atoms with Gasteiger partial charge in [-0.05, 0) is 11.5 Å². The molecule has 0 aromatic heterocycles. The number of alkyl halides is 9. The van der Waals surface area contributed by atoms with Gasteiger partial charge in [0.1, 0.15) is 0 Å². The van der Waals surface area contributed by atoms with Gasteiger partial charge in [0.2, 0.25) is 0 Å². The number of halogens is 9. The van der Waals surface area contributed by atoms with Crippen molar-refractivity contribution in [2.45, 2.75) is 37.8 Å².